The Morgan fingerprint density at radius 3 is 2.67 bits per heavy atom. The Balaban J connectivity index is 1.83. The third kappa shape index (κ3) is 3.86. The summed E-state index contributed by atoms with van der Waals surface area (Å²) in [5, 5.41) is 3.77. The lowest BCUT2D eigenvalue weighted by atomic mass is 10.1. The van der Waals surface area contributed by atoms with Gasteiger partial charge in [-0.05, 0) is 30.3 Å². The first-order valence-electron chi connectivity index (χ1n) is 9.55. The Kier molecular flexibility index (Phi) is 5.67. The molecule has 1 amide bonds. The number of nitrogens with zero attached hydrogens (tertiary/aromatic N) is 2. The van der Waals surface area contributed by atoms with Crippen LogP contribution in [0.1, 0.15) is 10.4 Å². The number of hydrogen-bond donors (Lipinski definition) is 1. The minimum atomic E-state index is -0.412. The number of carbonyl (C=O) groups is 1. The lowest BCUT2D eigenvalue weighted by molar-refractivity contribution is 0.0303. The van der Waals surface area contributed by atoms with Crippen molar-refractivity contribution in [2.24, 2.45) is 0 Å². The summed E-state index contributed by atoms with van der Waals surface area (Å²) in [7, 11) is 3.12. The smallest absolute Gasteiger partial charge is 0.257 e. The van der Waals surface area contributed by atoms with E-state index in [0.717, 1.165) is 0 Å². The van der Waals surface area contributed by atoms with E-state index in [9.17, 15) is 9.18 Å². The lowest BCUT2D eigenvalue weighted by Crippen LogP contribution is -2.41. The molecule has 0 unspecified atom stereocenters. The molecule has 3 aromatic rings. The van der Waals surface area contributed by atoms with Crippen LogP contribution in [0.5, 0.6) is 11.5 Å². The average molecular weight is 411 g/mol. The average Bonchev–Trinajstić information content (AvgIpc) is 2.79. The first kappa shape index (κ1) is 19.9. The van der Waals surface area contributed by atoms with Gasteiger partial charge < -0.3 is 24.4 Å². The van der Waals surface area contributed by atoms with Crippen LogP contribution < -0.4 is 14.8 Å². The maximum atomic E-state index is 14.1. The fourth-order valence-electron chi connectivity index (χ4n) is 3.43. The van der Waals surface area contributed by atoms with Gasteiger partial charge in [0.1, 0.15) is 17.3 Å². The topological polar surface area (TPSA) is 72.9 Å². The van der Waals surface area contributed by atoms with E-state index in [0.29, 0.717) is 65.6 Å². The highest BCUT2D eigenvalue weighted by molar-refractivity contribution is 6.08. The largest absolute Gasteiger partial charge is 0.497 e. The number of rotatable bonds is 5. The highest BCUT2D eigenvalue weighted by atomic mass is 19.1. The van der Waals surface area contributed by atoms with Gasteiger partial charge in [0.25, 0.3) is 5.91 Å². The van der Waals surface area contributed by atoms with E-state index < -0.39 is 5.82 Å². The molecule has 2 heterocycles. The van der Waals surface area contributed by atoms with Crippen molar-refractivity contribution < 1.29 is 23.4 Å². The van der Waals surface area contributed by atoms with Crippen molar-refractivity contribution in [2.45, 2.75) is 0 Å². The van der Waals surface area contributed by atoms with Crippen molar-refractivity contribution in [2.75, 3.05) is 45.8 Å². The second-order valence-corrected chi connectivity index (χ2v) is 6.80. The van der Waals surface area contributed by atoms with Crippen LogP contribution >= 0.6 is 0 Å². The number of ether oxygens (including phenoxy) is 3. The van der Waals surface area contributed by atoms with Crippen molar-refractivity contribution in [3.63, 3.8) is 0 Å². The number of methoxy groups -OCH3 is 2. The Morgan fingerprint density at radius 2 is 1.93 bits per heavy atom. The first-order valence-corrected chi connectivity index (χ1v) is 9.55. The quantitative estimate of drug-likeness (QED) is 0.692. The second-order valence-electron chi connectivity index (χ2n) is 6.80. The van der Waals surface area contributed by atoms with Crippen molar-refractivity contribution in [1.82, 2.24) is 9.88 Å². The van der Waals surface area contributed by atoms with E-state index in [4.69, 9.17) is 14.2 Å². The number of morpholine rings is 1. The van der Waals surface area contributed by atoms with Crippen LogP contribution in [0.25, 0.3) is 10.9 Å². The Bertz CT molecular complexity index is 1080. The summed E-state index contributed by atoms with van der Waals surface area (Å²) in [6.07, 6.45) is 1.52. The molecule has 30 heavy (non-hydrogen) atoms. The minimum absolute atomic E-state index is 0.188. The van der Waals surface area contributed by atoms with Gasteiger partial charge in [-0.2, -0.15) is 0 Å². The zero-order valence-corrected chi connectivity index (χ0v) is 16.8. The van der Waals surface area contributed by atoms with Gasteiger partial charge in [-0.3, -0.25) is 9.78 Å². The molecule has 1 saturated heterocycles. The molecule has 1 fully saturated rings. The molecule has 7 nitrogen and oxygen atoms in total. The fraction of sp³-hybridized carbons (Fsp3) is 0.273. The third-order valence-electron chi connectivity index (χ3n) is 5.03. The van der Waals surface area contributed by atoms with Crippen LogP contribution in [-0.4, -0.2) is 56.3 Å². The van der Waals surface area contributed by atoms with Crippen LogP contribution in [0.4, 0.5) is 15.8 Å². The number of pyridine rings is 1. The van der Waals surface area contributed by atoms with E-state index in [1.54, 1.807) is 43.4 Å². The van der Waals surface area contributed by atoms with Crippen molar-refractivity contribution in [1.29, 1.82) is 0 Å². The van der Waals surface area contributed by atoms with Gasteiger partial charge in [0, 0.05) is 30.7 Å². The fourth-order valence-corrected chi connectivity index (χ4v) is 3.43. The monoisotopic (exact) mass is 411 g/mol. The summed E-state index contributed by atoms with van der Waals surface area (Å²) >= 11 is 0. The molecular formula is C22H22FN3O4. The summed E-state index contributed by atoms with van der Waals surface area (Å²) < 4.78 is 30.1. The molecular weight excluding hydrogens is 389 g/mol. The lowest BCUT2D eigenvalue weighted by Gasteiger charge is -2.28. The van der Waals surface area contributed by atoms with Crippen LogP contribution in [-0.2, 0) is 4.74 Å². The van der Waals surface area contributed by atoms with Gasteiger partial charge in [-0.15, -0.1) is 0 Å². The molecule has 156 valence electrons. The Labute approximate surface area is 173 Å². The predicted molar refractivity (Wildman–Crippen MR) is 111 cm³/mol. The zero-order valence-electron chi connectivity index (χ0n) is 16.8. The Hall–Kier alpha value is -3.39. The molecule has 0 aliphatic carbocycles. The van der Waals surface area contributed by atoms with E-state index in [1.807, 2.05) is 0 Å². The van der Waals surface area contributed by atoms with Crippen LogP contribution in [0.2, 0.25) is 0 Å². The normalized spacial score (nSPS) is 13.9. The van der Waals surface area contributed by atoms with Gasteiger partial charge >= 0.3 is 0 Å². The second kappa shape index (κ2) is 8.54. The van der Waals surface area contributed by atoms with E-state index >= 15 is 0 Å². The summed E-state index contributed by atoms with van der Waals surface area (Å²) in [6, 6.07) is 9.59. The number of carbonyl (C=O) groups excluding carboxylic acids is 1. The summed E-state index contributed by atoms with van der Waals surface area (Å²) in [5.41, 5.74) is 2.02. The standard InChI is InChI=1S/C22H22FN3O4/c1-28-15-4-6-19(20(12-15)29-2)25-21-16-11-14(23)3-5-18(16)24-13-17(21)22(27)26-7-9-30-10-8-26/h3-6,11-13H,7-10H2,1-2H3,(H,24,25). The van der Waals surface area contributed by atoms with Gasteiger partial charge in [-0.1, -0.05) is 0 Å². The highest BCUT2D eigenvalue weighted by Gasteiger charge is 2.24. The van der Waals surface area contributed by atoms with Crippen molar-refractivity contribution in [3.05, 3.63) is 54.0 Å². The molecule has 4 rings (SSSR count). The maximum absolute atomic E-state index is 14.1. The molecule has 1 aromatic heterocycles. The number of anilines is 2. The Morgan fingerprint density at radius 1 is 1.13 bits per heavy atom. The van der Waals surface area contributed by atoms with E-state index in [2.05, 4.69) is 10.3 Å². The molecule has 0 atom stereocenters. The number of fused-ring (bicyclic) bond motifs is 1. The predicted octanol–water partition coefficient (Wildman–Crippen LogP) is 3.61. The molecule has 1 aliphatic rings. The summed E-state index contributed by atoms with van der Waals surface area (Å²) in [6.45, 7) is 1.95. The molecule has 1 aliphatic heterocycles. The van der Waals surface area contributed by atoms with Gasteiger partial charge in [-0.25, -0.2) is 4.39 Å². The number of benzene rings is 2. The van der Waals surface area contributed by atoms with Gasteiger partial charge in [0.2, 0.25) is 0 Å². The molecule has 0 saturated carbocycles. The minimum Gasteiger partial charge on any atom is -0.497 e. The molecule has 0 bridgehead atoms. The SMILES string of the molecule is COc1ccc(Nc2c(C(=O)N3CCOCC3)cnc3ccc(F)cc23)c(OC)c1. The molecule has 1 N–H and O–H groups in total. The van der Waals surface area contributed by atoms with Crippen molar-refractivity contribution in [3.8, 4) is 11.5 Å². The number of amides is 1. The maximum Gasteiger partial charge on any atom is 0.257 e. The third-order valence-corrected chi connectivity index (χ3v) is 5.03. The molecule has 0 radical (unpaired) electrons. The molecule has 0 spiro atoms. The van der Waals surface area contributed by atoms with Crippen LogP contribution in [0.15, 0.2) is 42.6 Å². The number of halogens is 1. The van der Waals surface area contributed by atoms with Crippen molar-refractivity contribution >= 4 is 28.2 Å². The molecule has 2 aromatic carbocycles. The molecule has 8 heteroatoms. The van der Waals surface area contributed by atoms with Crippen LogP contribution in [0, 0.1) is 5.82 Å². The number of hydrogen-bond acceptors (Lipinski definition) is 6. The first-order chi connectivity index (χ1) is 14.6. The highest BCUT2D eigenvalue weighted by Crippen LogP contribution is 2.36. The van der Waals surface area contributed by atoms with E-state index in [1.165, 1.54) is 18.3 Å². The van der Waals surface area contributed by atoms with Gasteiger partial charge in [0.15, 0.2) is 0 Å². The number of aromatic nitrogens is 1. The van der Waals surface area contributed by atoms with E-state index in [-0.39, 0.29) is 5.91 Å². The summed E-state index contributed by atoms with van der Waals surface area (Å²) in [4.78, 5) is 19.3. The number of nitrogens with one attached hydrogen (secondary N) is 1. The zero-order chi connectivity index (χ0) is 21.1. The van der Waals surface area contributed by atoms with Crippen LogP contribution in [0.3, 0.4) is 0 Å². The van der Waals surface area contributed by atoms with Gasteiger partial charge in [0.05, 0.1) is 49.9 Å². The summed E-state index contributed by atoms with van der Waals surface area (Å²) in [5.74, 6) is 0.560.